The smallest absolute Gasteiger partial charge is 0.350 e. The molecule has 1 aliphatic rings. The Hall–Kier alpha value is -1.05. The van der Waals surface area contributed by atoms with Gasteiger partial charge in [0.25, 0.3) is 0 Å². The zero-order valence-corrected chi connectivity index (χ0v) is 9.61. The van der Waals surface area contributed by atoms with Gasteiger partial charge in [-0.3, -0.25) is 4.57 Å². The molecule has 0 unspecified atom stereocenters. The molecule has 2 rings (SSSR count). The van der Waals surface area contributed by atoms with Gasteiger partial charge in [0.15, 0.2) is 0 Å². The molecule has 1 fully saturated rings. The van der Waals surface area contributed by atoms with Crippen molar-refractivity contribution in [3.63, 3.8) is 0 Å². The fraction of sp³-hybridized carbons (Fsp3) is 0.556. The quantitative estimate of drug-likeness (QED) is 0.742. The third-order valence-electron chi connectivity index (χ3n) is 2.37. The highest BCUT2D eigenvalue weighted by atomic mass is 32.2. The van der Waals surface area contributed by atoms with E-state index in [9.17, 15) is 4.79 Å². The Kier molecular flexibility index (Phi) is 3.17. The summed E-state index contributed by atoms with van der Waals surface area (Å²) in [7, 11) is 0. The first-order valence-corrected chi connectivity index (χ1v) is 5.79. The minimum absolute atomic E-state index is 0.0582. The first-order valence-electron chi connectivity index (χ1n) is 4.85. The zero-order valence-electron chi connectivity index (χ0n) is 8.79. The van der Waals surface area contributed by atoms with Crippen molar-refractivity contribution in [1.82, 2.24) is 9.55 Å². The molecule has 0 radical (unpaired) electrons. The first kappa shape index (κ1) is 11.4. The van der Waals surface area contributed by atoms with Crippen LogP contribution in [-0.2, 0) is 4.74 Å². The molecule has 0 bridgehead atoms. The third-order valence-corrected chi connectivity index (χ3v) is 3.63. The standard InChI is InChI=1S/C9H13N3O3S/c1-5-2-12(9(14)11-8(5)10)6-4-15-7(3-13)16-6/h2,6-7,13H,3-4H2,1H3,(H2,10,11,14)/t6-,7-/m1/s1. The average molecular weight is 243 g/mol. The Morgan fingerprint density at radius 2 is 2.56 bits per heavy atom. The molecule has 88 valence electrons. The van der Waals surface area contributed by atoms with Gasteiger partial charge in [0, 0.05) is 11.8 Å². The summed E-state index contributed by atoms with van der Waals surface area (Å²) in [6.07, 6.45) is 1.67. The topological polar surface area (TPSA) is 90.4 Å². The molecule has 3 N–H and O–H groups in total. The monoisotopic (exact) mass is 243 g/mol. The van der Waals surface area contributed by atoms with Crippen LogP contribution in [0.4, 0.5) is 5.82 Å². The van der Waals surface area contributed by atoms with Crippen LogP contribution in [0.25, 0.3) is 0 Å². The Morgan fingerprint density at radius 3 is 3.19 bits per heavy atom. The molecule has 1 saturated heterocycles. The molecule has 1 aromatic rings. The lowest BCUT2D eigenvalue weighted by atomic mass is 10.3. The molecule has 7 heteroatoms. The van der Waals surface area contributed by atoms with E-state index in [0.29, 0.717) is 6.61 Å². The van der Waals surface area contributed by atoms with Crippen LogP contribution < -0.4 is 11.4 Å². The molecule has 16 heavy (non-hydrogen) atoms. The van der Waals surface area contributed by atoms with Crippen molar-refractivity contribution in [1.29, 1.82) is 0 Å². The number of hydrogen-bond acceptors (Lipinski definition) is 6. The van der Waals surface area contributed by atoms with E-state index in [1.54, 1.807) is 13.1 Å². The Balaban J connectivity index is 2.28. The number of anilines is 1. The second-order valence-corrected chi connectivity index (χ2v) is 4.88. The maximum absolute atomic E-state index is 11.6. The molecule has 0 spiro atoms. The van der Waals surface area contributed by atoms with E-state index in [0.717, 1.165) is 5.56 Å². The summed E-state index contributed by atoms with van der Waals surface area (Å²) >= 11 is 1.40. The molecule has 0 aliphatic carbocycles. The first-order chi connectivity index (χ1) is 7.61. The predicted octanol–water partition coefficient (Wildman–Crippen LogP) is -0.286. The summed E-state index contributed by atoms with van der Waals surface area (Å²) in [5, 5.41) is 8.79. The molecule has 0 aromatic carbocycles. The third kappa shape index (κ3) is 2.06. The fourth-order valence-corrected chi connectivity index (χ4v) is 2.50. The number of nitrogen functional groups attached to an aromatic ring is 1. The number of hydrogen-bond donors (Lipinski definition) is 2. The van der Waals surface area contributed by atoms with Gasteiger partial charge >= 0.3 is 5.69 Å². The summed E-state index contributed by atoms with van der Waals surface area (Å²) in [6, 6.07) is 0. The van der Waals surface area contributed by atoms with Crippen molar-refractivity contribution in [3.8, 4) is 0 Å². The summed E-state index contributed by atoms with van der Waals surface area (Å²) in [6.45, 7) is 2.13. The largest absolute Gasteiger partial charge is 0.393 e. The van der Waals surface area contributed by atoms with Gasteiger partial charge in [-0.1, -0.05) is 0 Å². The zero-order chi connectivity index (χ0) is 11.7. The second-order valence-electron chi connectivity index (χ2n) is 3.54. The Bertz CT molecular complexity index is 448. The Labute approximate surface area is 96.4 Å². The van der Waals surface area contributed by atoms with Gasteiger partial charge in [-0.15, -0.1) is 11.8 Å². The number of aromatic nitrogens is 2. The maximum Gasteiger partial charge on any atom is 0.350 e. The van der Waals surface area contributed by atoms with Crippen LogP contribution in [0.5, 0.6) is 0 Å². The van der Waals surface area contributed by atoms with Gasteiger partial charge in [-0.25, -0.2) is 4.79 Å². The van der Waals surface area contributed by atoms with E-state index in [1.165, 1.54) is 16.3 Å². The van der Waals surface area contributed by atoms with Gasteiger partial charge in [0.05, 0.1) is 13.2 Å². The van der Waals surface area contributed by atoms with Crippen LogP contribution in [0.15, 0.2) is 11.0 Å². The lowest BCUT2D eigenvalue weighted by Crippen LogP contribution is -2.27. The molecule has 1 aromatic heterocycles. The highest BCUT2D eigenvalue weighted by molar-refractivity contribution is 8.00. The van der Waals surface area contributed by atoms with Crippen molar-refractivity contribution in [3.05, 3.63) is 22.2 Å². The minimum Gasteiger partial charge on any atom is -0.393 e. The summed E-state index contributed by atoms with van der Waals surface area (Å²) in [4.78, 5) is 15.3. The fourth-order valence-electron chi connectivity index (χ4n) is 1.47. The van der Waals surface area contributed by atoms with Crippen molar-refractivity contribution in [2.75, 3.05) is 18.9 Å². The molecule has 0 amide bonds. The maximum atomic E-state index is 11.6. The van der Waals surface area contributed by atoms with Gasteiger partial charge in [-0.2, -0.15) is 4.98 Å². The SMILES string of the molecule is Cc1cn([C@H]2CO[C@@H](CO)S2)c(=O)nc1N. The van der Waals surface area contributed by atoms with E-state index >= 15 is 0 Å². The van der Waals surface area contributed by atoms with Crippen LogP contribution in [0.1, 0.15) is 10.9 Å². The highest BCUT2D eigenvalue weighted by Gasteiger charge is 2.27. The van der Waals surface area contributed by atoms with Crippen LogP contribution in [-0.4, -0.2) is 33.3 Å². The van der Waals surface area contributed by atoms with E-state index < -0.39 is 0 Å². The number of nitrogens with zero attached hydrogens (tertiary/aromatic N) is 2. The van der Waals surface area contributed by atoms with E-state index in [-0.39, 0.29) is 28.9 Å². The summed E-state index contributed by atoms with van der Waals surface area (Å²) in [5.41, 5.74) is 5.64. The number of aryl methyl sites for hydroxylation is 1. The summed E-state index contributed by atoms with van der Waals surface area (Å²) < 4.78 is 6.78. The molecule has 2 atom stereocenters. The van der Waals surface area contributed by atoms with Gasteiger partial charge < -0.3 is 15.6 Å². The van der Waals surface area contributed by atoms with Crippen molar-refractivity contribution in [2.24, 2.45) is 0 Å². The predicted molar refractivity (Wildman–Crippen MR) is 61.1 cm³/mol. The van der Waals surface area contributed by atoms with Crippen molar-refractivity contribution in [2.45, 2.75) is 17.7 Å². The minimum atomic E-state index is -0.386. The van der Waals surface area contributed by atoms with Gasteiger partial charge in [-0.05, 0) is 6.92 Å². The molecular formula is C9H13N3O3S. The van der Waals surface area contributed by atoms with E-state index in [1.807, 2.05) is 0 Å². The van der Waals surface area contributed by atoms with Crippen molar-refractivity contribution < 1.29 is 9.84 Å². The highest BCUT2D eigenvalue weighted by Crippen LogP contribution is 2.34. The van der Waals surface area contributed by atoms with E-state index in [4.69, 9.17) is 15.6 Å². The number of thioether (sulfide) groups is 1. The van der Waals surface area contributed by atoms with Crippen LogP contribution >= 0.6 is 11.8 Å². The number of rotatable bonds is 2. The summed E-state index contributed by atoms with van der Waals surface area (Å²) in [5.74, 6) is 0.254. The van der Waals surface area contributed by atoms with Crippen LogP contribution in [0.2, 0.25) is 0 Å². The lowest BCUT2D eigenvalue weighted by molar-refractivity contribution is 0.0803. The number of nitrogens with two attached hydrogens (primary N) is 1. The van der Waals surface area contributed by atoms with Crippen LogP contribution in [0, 0.1) is 6.92 Å². The Morgan fingerprint density at radius 1 is 1.81 bits per heavy atom. The van der Waals surface area contributed by atoms with Gasteiger partial charge in [0.2, 0.25) is 0 Å². The van der Waals surface area contributed by atoms with Gasteiger partial charge in [0.1, 0.15) is 16.6 Å². The lowest BCUT2D eigenvalue weighted by Gasteiger charge is -2.12. The van der Waals surface area contributed by atoms with Crippen LogP contribution in [0.3, 0.4) is 0 Å². The second kappa shape index (κ2) is 4.44. The normalized spacial score (nSPS) is 24.9. The number of ether oxygens (including phenoxy) is 1. The average Bonchev–Trinajstić information content (AvgIpc) is 2.71. The molecule has 2 heterocycles. The van der Waals surface area contributed by atoms with Crippen molar-refractivity contribution >= 4 is 17.6 Å². The number of aliphatic hydroxyl groups excluding tert-OH is 1. The molecule has 1 aliphatic heterocycles. The molecular weight excluding hydrogens is 230 g/mol. The van der Waals surface area contributed by atoms with E-state index in [2.05, 4.69) is 4.98 Å². The molecule has 0 saturated carbocycles. The number of aliphatic hydroxyl groups is 1. The molecule has 6 nitrogen and oxygen atoms in total.